The first kappa shape index (κ1) is 34.9. The third kappa shape index (κ3) is 7.17. The summed E-state index contributed by atoms with van der Waals surface area (Å²) in [5, 5.41) is 6.37. The number of para-hydroxylation sites is 3. The van der Waals surface area contributed by atoms with Crippen LogP contribution >= 0.6 is 0 Å². The maximum absolute atomic E-state index is 14.6. The number of nitrogens with zero attached hydrogens (tertiary/aromatic N) is 3. The largest absolute Gasteiger partial charge is 0.471 e. The van der Waals surface area contributed by atoms with Gasteiger partial charge in [0.05, 0.1) is 22.3 Å². The van der Waals surface area contributed by atoms with Gasteiger partial charge >= 0.3 is 0 Å². The van der Waals surface area contributed by atoms with Crippen LogP contribution in [0.25, 0.3) is 11.0 Å². The lowest BCUT2D eigenvalue weighted by Crippen LogP contribution is -2.58. The van der Waals surface area contributed by atoms with E-state index in [1.807, 2.05) is 73.7 Å². The van der Waals surface area contributed by atoms with Gasteiger partial charge in [0.2, 0.25) is 27.7 Å². The normalized spacial score (nSPS) is 27.7. The summed E-state index contributed by atoms with van der Waals surface area (Å²) in [6.45, 7) is 3.71. The minimum Gasteiger partial charge on any atom is -0.471 e. The molecule has 51 heavy (non-hydrogen) atoms. The summed E-state index contributed by atoms with van der Waals surface area (Å²) in [5.74, 6) is -1.52. The Kier molecular flexibility index (Phi) is 9.51. The lowest BCUT2D eigenvalue weighted by Gasteiger charge is -2.30. The van der Waals surface area contributed by atoms with Gasteiger partial charge in [0.15, 0.2) is 0 Å². The number of hydrogen-bond acceptors (Lipinski definition) is 9. The molecule has 2 aliphatic carbocycles. The average Bonchev–Trinajstić information content (AvgIpc) is 4.00. The molecule has 2 saturated carbocycles. The molecule has 3 aromatic rings. The van der Waals surface area contributed by atoms with Crippen LogP contribution in [-0.4, -0.2) is 76.0 Å². The quantitative estimate of drug-likeness (QED) is 0.287. The van der Waals surface area contributed by atoms with Gasteiger partial charge < -0.3 is 20.3 Å². The van der Waals surface area contributed by atoms with Crippen molar-refractivity contribution in [3.63, 3.8) is 0 Å². The van der Waals surface area contributed by atoms with Crippen LogP contribution in [0.2, 0.25) is 0 Å². The number of sulfonamides is 1. The summed E-state index contributed by atoms with van der Waals surface area (Å²) in [4.78, 5) is 53.8. The summed E-state index contributed by atoms with van der Waals surface area (Å²) in [7, 11) is -3.94. The predicted octanol–water partition coefficient (Wildman–Crippen LogP) is 4.41. The second kappa shape index (κ2) is 13.9. The summed E-state index contributed by atoms with van der Waals surface area (Å²) >= 11 is 0. The van der Waals surface area contributed by atoms with Crippen LogP contribution in [0.1, 0.15) is 77.3 Å². The van der Waals surface area contributed by atoms with Crippen molar-refractivity contribution < 1.29 is 27.5 Å². The van der Waals surface area contributed by atoms with E-state index in [4.69, 9.17) is 14.7 Å². The molecule has 13 heteroatoms. The van der Waals surface area contributed by atoms with E-state index in [0.717, 1.165) is 36.9 Å². The van der Waals surface area contributed by atoms with Gasteiger partial charge in [0.1, 0.15) is 29.4 Å². The highest BCUT2D eigenvalue weighted by molar-refractivity contribution is 7.91. The molecule has 3 fully saturated rings. The smallest absolute Gasteiger partial charge is 0.259 e. The molecule has 1 aromatic heterocycles. The van der Waals surface area contributed by atoms with Gasteiger partial charge in [-0.2, -0.15) is 0 Å². The predicted molar refractivity (Wildman–Crippen MR) is 193 cm³/mol. The van der Waals surface area contributed by atoms with Crippen LogP contribution in [0, 0.1) is 5.92 Å². The van der Waals surface area contributed by atoms with Gasteiger partial charge in [-0.25, -0.2) is 18.4 Å². The lowest BCUT2D eigenvalue weighted by atomic mass is 10.0. The maximum Gasteiger partial charge on any atom is 0.259 e. The topological polar surface area (TPSA) is 160 Å². The zero-order valence-corrected chi connectivity index (χ0v) is 30.0. The number of carbonyl (C=O) groups excluding carboxylic acids is 3. The minimum absolute atomic E-state index is 0.122. The number of benzene rings is 2. The van der Waals surface area contributed by atoms with E-state index in [2.05, 4.69) is 15.4 Å². The highest BCUT2D eigenvalue weighted by Gasteiger charge is 2.63. The van der Waals surface area contributed by atoms with Crippen molar-refractivity contribution in [1.29, 1.82) is 0 Å². The van der Waals surface area contributed by atoms with Crippen molar-refractivity contribution in [3.8, 4) is 5.88 Å². The molecule has 3 N–H and O–H groups in total. The second-order valence-electron chi connectivity index (χ2n) is 14.6. The Morgan fingerprint density at radius 3 is 2.47 bits per heavy atom. The molecule has 4 aliphatic rings. The van der Waals surface area contributed by atoms with Gasteiger partial charge in [-0.15, -0.1) is 0 Å². The third-order valence-corrected chi connectivity index (χ3v) is 13.0. The molecule has 1 saturated heterocycles. The molecule has 5 atom stereocenters. The third-order valence-electron chi connectivity index (χ3n) is 10.8. The molecule has 2 aromatic carbocycles. The van der Waals surface area contributed by atoms with Crippen molar-refractivity contribution in [2.24, 2.45) is 5.92 Å². The number of aromatic nitrogens is 2. The van der Waals surface area contributed by atoms with E-state index in [1.54, 1.807) is 11.8 Å². The number of anilines is 1. The second-order valence-corrected chi connectivity index (χ2v) is 16.8. The molecular weight excluding hydrogens is 669 g/mol. The Balaban J connectivity index is 1.20. The molecule has 12 nitrogen and oxygen atoms in total. The summed E-state index contributed by atoms with van der Waals surface area (Å²) in [6, 6.07) is 15.5. The number of nitrogens with one attached hydrogen (secondary N) is 3. The van der Waals surface area contributed by atoms with Crippen LogP contribution in [0.5, 0.6) is 5.88 Å². The zero-order chi connectivity index (χ0) is 35.8. The SMILES string of the molecule is CCc1nc2ccccc2nc1O[C@@H]1C[C@H]2C(=O)N[C@]3(C(=O)NS(=O)(=O)C4(C)CC4)C[C@H]3C=CCCCCC[C@H](Nc3ccccc3)C(=O)N2C1. The highest BCUT2D eigenvalue weighted by atomic mass is 32.2. The Morgan fingerprint density at radius 1 is 1.02 bits per heavy atom. The molecular formula is C38H46N6O6S. The van der Waals surface area contributed by atoms with Crippen LogP contribution in [0.3, 0.4) is 0 Å². The maximum atomic E-state index is 14.6. The van der Waals surface area contributed by atoms with Crippen molar-refractivity contribution in [2.75, 3.05) is 11.9 Å². The van der Waals surface area contributed by atoms with Gasteiger partial charge in [0.25, 0.3) is 5.91 Å². The first-order valence-electron chi connectivity index (χ1n) is 18.1. The highest BCUT2D eigenvalue weighted by Crippen LogP contribution is 2.47. The van der Waals surface area contributed by atoms with Gasteiger partial charge in [-0.1, -0.05) is 62.2 Å². The van der Waals surface area contributed by atoms with E-state index in [9.17, 15) is 22.8 Å². The molecule has 0 radical (unpaired) electrons. The minimum atomic E-state index is -3.94. The number of ether oxygens (including phenoxy) is 1. The number of hydrogen-bond donors (Lipinski definition) is 3. The van der Waals surface area contributed by atoms with E-state index in [1.165, 1.54) is 0 Å². The zero-order valence-electron chi connectivity index (χ0n) is 29.1. The van der Waals surface area contributed by atoms with Crippen LogP contribution in [0.4, 0.5) is 5.69 Å². The number of rotatable bonds is 8. The molecule has 2 aliphatic heterocycles. The van der Waals surface area contributed by atoms with E-state index < -0.39 is 50.3 Å². The van der Waals surface area contributed by atoms with E-state index >= 15 is 0 Å². The molecule has 7 rings (SSSR count). The lowest BCUT2D eigenvalue weighted by molar-refractivity contribution is -0.140. The molecule has 0 bridgehead atoms. The standard InChI is InChI=1S/C38H46N6O6S/c1-3-28-34(41-30-18-13-12-17-29(30)40-28)50-27-22-32-33(45)42-38(36(47)43-51(48,49)37(2)20-21-37)23-25(38)14-8-5-4-6-11-19-31(35(46)44(32)24-27)39-26-15-9-7-10-16-26/h7-10,12-18,25,27,31-32,39H,3-6,11,19-24H2,1-2H3,(H,42,45)(H,43,47)/t25-,27-,31+,32+,38-/m1/s1. The Hall–Kier alpha value is -4.52. The van der Waals surface area contributed by atoms with Gasteiger partial charge in [0, 0.05) is 18.0 Å². The van der Waals surface area contributed by atoms with Crippen LogP contribution in [-0.2, 0) is 30.8 Å². The Labute approximate surface area is 298 Å². The van der Waals surface area contributed by atoms with Crippen LogP contribution < -0.4 is 20.1 Å². The first-order valence-corrected chi connectivity index (χ1v) is 19.6. The van der Waals surface area contributed by atoms with E-state index in [-0.39, 0.29) is 31.2 Å². The fourth-order valence-electron chi connectivity index (χ4n) is 7.18. The number of aryl methyl sites for hydroxylation is 1. The molecule has 0 spiro atoms. The average molecular weight is 715 g/mol. The summed E-state index contributed by atoms with van der Waals surface area (Å²) in [6.07, 6.45) is 9.19. The van der Waals surface area contributed by atoms with Crippen molar-refractivity contribution in [3.05, 3.63) is 72.4 Å². The molecule has 0 unspecified atom stereocenters. The Morgan fingerprint density at radius 2 is 1.75 bits per heavy atom. The van der Waals surface area contributed by atoms with Crippen molar-refractivity contribution in [2.45, 2.75) is 107 Å². The number of allylic oxidation sites excluding steroid dienone is 1. The fraction of sp³-hybridized carbons (Fsp3) is 0.500. The molecule has 3 heterocycles. The number of fused-ring (bicyclic) bond motifs is 3. The molecule has 270 valence electrons. The summed E-state index contributed by atoms with van der Waals surface area (Å²) < 4.78 is 34.0. The van der Waals surface area contributed by atoms with Crippen molar-refractivity contribution >= 4 is 44.5 Å². The van der Waals surface area contributed by atoms with Crippen LogP contribution in [0.15, 0.2) is 66.7 Å². The van der Waals surface area contributed by atoms with Gasteiger partial charge in [-0.3, -0.25) is 19.1 Å². The van der Waals surface area contributed by atoms with Crippen molar-refractivity contribution in [1.82, 2.24) is 24.9 Å². The molecule has 3 amide bonds. The van der Waals surface area contributed by atoms with Gasteiger partial charge in [-0.05, 0) is 76.1 Å². The number of carbonyl (C=O) groups is 3. The fourth-order valence-corrected chi connectivity index (χ4v) is 8.50. The summed E-state index contributed by atoms with van der Waals surface area (Å²) in [5.41, 5.74) is 1.45. The first-order chi connectivity index (χ1) is 24.5. The number of amides is 3. The Bertz CT molecular complexity index is 1950. The van der Waals surface area contributed by atoms with E-state index in [0.29, 0.717) is 42.8 Å². The monoisotopic (exact) mass is 714 g/mol.